The van der Waals surface area contributed by atoms with Crippen LogP contribution in [-0.4, -0.2) is 4.98 Å². The molecule has 0 bridgehead atoms. The van der Waals surface area contributed by atoms with Crippen molar-refractivity contribution in [1.29, 1.82) is 0 Å². The average molecular weight is 297 g/mol. The lowest BCUT2D eigenvalue weighted by Crippen LogP contribution is -2.00. The molecule has 1 aromatic heterocycles. The topological polar surface area (TPSA) is 38.9 Å². The molecule has 0 saturated heterocycles. The van der Waals surface area contributed by atoms with Crippen molar-refractivity contribution in [1.82, 2.24) is 4.98 Å². The number of anilines is 1. The zero-order valence-corrected chi connectivity index (χ0v) is 11.4. The quantitative estimate of drug-likeness (QED) is 0.910. The summed E-state index contributed by atoms with van der Waals surface area (Å²) in [4.78, 5) is 4.31. The monoisotopic (exact) mass is 296 g/mol. The maximum absolute atomic E-state index is 14.0. The molecular formula is C13H14BrFN2. The van der Waals surface area contributed by atoms with Crippen LogP contribution in [0.3, 0.4) is 0 Å². The molecule has 0 radical (unpaired) electrons. The Labute approximate surface area is 108 Å². The van der Waals surface area contributed by atoms with E-state index in [9.17, 15) is 4.39 Å². The Morgan fingerprint density at radius 1 is 1.41 bits per heavy atom. The first-order valence-electron chi connectivity index (χ1n) is 5.58. The maximum atomic E-state index is 14.0. The summed E-state index contributed by atoms with van der Waals surface area (Å²) in [5, 5.41) is 0.537. The predicted octanol–water partition coefficient (Wildman–Crippen LogP) is 3.98. The largest absolute Gasteiger partial charge is 0.383 e. The van der Waals surface area contributed by atoms with E-state index < -0.39 is 0 Å². The van der Waals surface area contributed by atoms with Crippen molar-refractivity contribution in [3.63, 3.8) is 0 Å². The average Bonchev–Trinajstić information content (AvgIpc) is 2.28. The minimum atomic E-state index is -0.268. The second-order valence-electron chi connectivity index (χ2n) is 4.17. The van der Waals surface area contributed by atoms with Gasteiger partial charge in [-0.15, -0.1) is 0 Å². The van der Waals surface area contributed by atoms with E-state index in [1.807, 2.05) is 13.0 Å². The van der Waals surface area contributed by atoms with Gasteiger partial charge in [-0.25, -0.2) is 9.37 Å². The zero-order chi connectivity index (χ0) is 12.6. The van der Waals surface area contributed by atoms with Crippen LogP contribution in [0.1, 0.15) is 24.5 Å². The molecular weight excluding hydrogens is 283 g/mol. The van der Waals surface area contributed by atoms with Gasteiger partial charge < -0.3 is 5.73 Å². The highest BCUT2D eigenvalue weighted by Crippen LogP contribution is 2.29. The van der Waals surface area contributed by atoms with Gasteiger partial charge >= 0.3 is 0 Å². The molecule has 0 fully saturated rings. The molecule has 2 N–H and O–H groups in total. The van der Waals surface area contributed by atoms with Gasteiger partial charge in [0.1, 0.15) is 11.6 Å². The molecule has 0 spiro atoms. The van der Waals surface area contributed by atoms with Gasteiger partial charge in [0.05, 0.1) is 9.99 Å². The molecule has 0 aliphatic heterocycles. The Balaban J connectivity index is 2.79. The molecule has 2 nitrogen and oxygen atoms in total. The van der Waals surface area contributed by atoms with Crippen molar-refractivity contribution >= 4 is 32.7 Å². The van der Waals surface area contributed by atoms with E-state index in [0.29, 0.717) is 21.2 Å². The van der Waals surface area contributed by atoms with Gasteiger partial charge in [-0.3, -0.25) is 0 Å². The van der Waals surface area contributed by atoms with Crippen LogP contribution in [0.25, 0.3) is 10.9 Å². The van der Waals surface area contributed by atoms with Gasteiger partial charge in [0.2, 0.25) is 0 Å². The van der Waals surface area contributed by atoms with Gasteiger partial charge in [-0.1, -0.05) is 13.3 Å². The summed E-state index contributed by atoms with van der Waals surface area (Å²) >= 11 is 3.22. The molecule has 1 aromatic carbocycles. The summed E-state index contributed by atoms with van der Waals surface area (Å²) in [6.45, 7) is 3.96. The van der Waals surface area contributed by atoms with E-state index in [0.717, 1.165) is 24.0 Å². The Bertz CT molecular complexity index is 581. The fourth-order valence-electron chi connectivity index (χ4n) is 1.96. The van der Waals surface area contributed by atoms with Crippen LogP contribution in [0.5, 0.6) is 0 Å². The fourth-order valence-corrected chi connectivity index (χ4v) is 2.51. The Kier molecular flexibility index (Phi) is 3.33. The summed E-state index contributed by atoms with van der Waals surface area (Å²) in [5.41, 5.74) is 8.36. The van der Waals surface area contributed by atoms with Crippen LogP contribution >= 0.6 is 15.9 Å². The normalized spacial score (nSPS) is 11.1. The van der Waals surface area contributed by atoms with Gasteiger partial charge in [0.25, 0.3) is 0 Å². The molecule has 2 aromatic rings. The number of nitrogens with two attached hydrogens (primary N) is 1. The van der Waals surface area contributed by atoms with Gasteiger partial charge in [0.15, 0.2) is 0 Å². The summed E-state index contributed by atoms with van der Waals surface area (Å²) in [6, 6.07) is 3.54. The molecule has 0 amide bonds. The number of aromatic nitrogens is 1. The SMILES string of the molecule is CCCc1cc2c(F)c(Br)cc(C)c2nc1N. The van der Waals surface area contributed by atoms with E-state index in [4.69, 9.17) is 5.73 Å². The summed E-state index contributed by atoms with van der Waals surface area (Å²) in [5.74, 6) is 0.236. The van der Waals surface area contributed by atoms with Crippen molar-refractivity contribution in [3.05, 3.63) is 33.5 Å². The van der Waals surface area contributed by atoms with Crippen LogP contribution in [0.15, 0.2) is 16.6 Å². The van der Waals surface area contributed by atoms with Crippen LogP contribution in [0, 0.1) is 12.7 Å². The number of hydrogen-bond donors (Lipinski definition) is 1. The number of halogens is 2. The number of aryl methyl sites for hydroxylation is 2. The molecule has 0 aliphatic rings. The van der Waals surface area contributed by atoms with E-state index in [1.54, 1.807) is 6.07 Å². The predicted molar refractivity (Wildman–Crippen MR) is 72.5 cm³/mol. The number of hydrogen-bond acceptors (Lipinski definition) is 2. The van der Waals surface area contributed by atoms with E-state index in [1.165, 1.54) is 0 Å². The smallest absolute Gasteiger partial charge is 0.146 e. The molecule has 90 valence electrons. The second kappa shape index (κ2) is 4.61. The van der Waals surface area contributed by atoms with Crippen molar-refractivity contribution in [2.75, 3.05) is 5.73 Å². The number of fused-ring (bicyclic) bond motifs is 1. The lowest BCUT2D eigenvalue weighted by molar-refractivity contribution is 0.632. The maximum Gasteiger partial charge on any atom is 0.146 e. The summed E-state index contributed by atoms with van der Waals surface area (Å²) < 4.78 is 14.5. The van der Waals surface area contributed by atoms with Gasteiger partial charge in [-0.2, -0.15) is 0 Å². The van der Waals surface area contributed by atoms with Crippen LogP contribution in [0.4, 0.5) is 10.2 Å². The first kappa shape index (κ1) is 12.3. The minimum absolute atomic E-state index is 0.268. The zero-order valence-electron chi connectivity index (χ0n) is 9.85. The van der Waals surface area contributed by atoms with Crippen LogP contribution < -0.4 is 5.73 Å². The van der Waals surface area contributed by atoms with Crippen molar-refractivity contribution in [2.24, 2.45) is 0 Å². The van der Waals surface area contributed by atoms with Crippen molar-refractivity contribution in [2.45, 2.75) is 26.7 Å². The van der Waals surface area contributed by atoms with E-state index >= 15 is 0 Å². The highest BCUT2D eigenvalue weighted by Gasteiger charge is 2.12. The molecule has 0 unspecified atom stereocenters. The van der Waals surface area contributed by atoms with Crippen LogP contribution in [-0.2, 0) is 6.42 Å². The highest BCUT2D eigenvalue weighted by atomic mass is 79.9. The minimum Gasteiger partial charge on any atom is -0.383 e. The van der Waals surface area contributed by atoms with E-state index in [2.05, 4.69) is 27.8 Å². The number of nitrogen functional groups attached to an aromatic ring is 1. The third-order valence-electron chi connectivity index (χ3n) is 2.82. The third kappa shape index (κ3) is 2.14. The molecule has 2 rings (SSSR count). The molecule has 0 atom stereocenters. The summed E-state index contributed by atoms with van der Waals surface area (Å²) in [7, 11) is 0. The number of benzene rings is 1. The Morgan fingerprint density at radius 3 is 2.76 bits per heavy atom. The van der Waals surface area contributed by atoms with Crippen molar-refractivity contribution < 1.29 is 4.39 Å². The molecule has 0 saturated carbocycles. The molecule has 1 heterocycles. The second-order valence-corrected chi connectivity index (χ2v) is 5.02. The summed E-state index contributed by atoms with van der Waals surface area (Å²) in [6.07, 6.45) is 1.78. The first-order valence-corrected chi connectivity index (χ1v) is 6.37. The highest BCUT2D eigenvalue weighted by molar-refractivity contribution is 9.10. The van der Waals surface area contributed by atoms with Crippen molar-refractivity contribution in [3.8, 4) is 0 Å². The number of nitrogens with zero attached hydrogens (tertiary/aromatic N) is 1. The first-order chi connectivity index (χ1) is 8.04. The van der Waals surface area contributed by atoms with Gasteiger partial charge in [-0.05, 0) is 52.5 Å². The van der Waals surface area contributed by atoms with Gasteiger partial charge in [0, 0.05) is 5.39 Å². The van der Waals surface area contributed by atoms with Crippen LogP contribution in [0.2, 0.25) is 0 Å². The molecule has 4 heteroatoms. The molecule has 17 heavy (non-hydrogen) atoms. The number of pyridine rings is 1. The fraction of sp³-hybridized carbons (Fsp3) is 0.308. The van der Waals surface area contributed by atoms with E-state index in [-0.39, 0.29) is 5.82 Å². The lowest BCUT2D eigenvalue weighted by Gasteiger charge is -2.09. The Hall–Kier alpha value is -1.16. The Morgan fingerprint density at radius 2 is 2.12 bits per heavy atom. The number of rotatable bonds is 2. The molecule has 0 aliphatic carbocycles. The third-order valence-corrected chi connectivity index (χ3v) is 3.39. The lowest BCUT2D eigenvalue weighted by atomic mass is 10.1. The standard InChI is InChI=1S/C13H14BrFN2/c1-3-4-8-6-9-11(15)10(14)5-7(2)12(9)17-13(8)16/h5-6H,3-4H2,1-2H3,(H2,16,17).